The van der Waals surface area contributed by atoms with Crippen LogP contribution in [0.3, 0.4) is 0 Å². The van der Waals surface area contributed by atoms with Crippen molar-refractivity contribution in [1.29, 1.82) is 0 Å². The van der Waals surface area contributed by atoms with E-state index in [2.05, 4.69) is 6.92 Å². The summed E-state index contributed by atoms with van der Waals surface area (Å²) in [5.74, 6) is -0.811. The summed E-state index contributed by atoms with van der Waals surface area (Å²) in [6.45, 7) is 2.36. The molecule has 0 aromatic heterocycles. The van der Waals surface area contributed by atoms with Gasteiger partial charge in [-0.2, -0.15) is 4.39 Å². The Hall–Kier alpha value is -1.09. The molecule has 0 aliphatic heterocycles. The molecule has 1 fully saturated rings. The zero-order chi connectivity index (χ0) is 18.8. The SMILES string of the molecule is CCCCCCCC1CCC(c2ccc(OCC=CCl)c(F)c2F)CC1. The maximum atomic E-state index is 14.5. The third-order valence-corrected chi connectivity index (χ3v) is 5.68. The lowest BCUT2D eigenvalue weighted by Gasteiger charge is -2.29. The summed E-state index contributed by atoms with van der Waals surface area (Å²) in [5.41, 5.74) is 1.80. The van der Waals surface area contributed by atoms with Gasteiger partial charge in [-0.1, -0.05) is 63.1 Å². The van der Waals surface area contributed by atoms with Gasteiger partial charge in [-0.05, 0) is 55.2 Å². The van der Waals surface area contributed by atoms with Crippen LogP contribution in [-0.4, -0.2) is 6.61 Å². The molecule has 0 atom stereocenters. The summed E-state index contributed by atoms with van der Waals surface area (Å²) in [6, 6.07) is 3.23. The average molecular weight is 385 g/mol. The first kappa shape index (κ1) is 21.2. The van der Waals surface area contributed by atoms with Gasteiger partial charge in [0.15, 0.2) is 11.6 Å². The van der Waals surface area contributed by atoms with Crippen LogP contribution >= 0.6 is 11.6 Å². The van der Waals surface area contributed by atoms with Crippen molar-refractivity contribution >= 4 is 11.6 Å². The minimum Gasteiger partial charge on any atom is -0.486 e. The fourth-order valence-electron chi connectivity index (χ4n) is 3.95. The Morgan fingerprint density at radius 3 is 2.46 bits per heavy atom. The van der Waals surface area contributed by atoms with E-state index < -0.39 is 11.6 Å². The van der Waals surface area contributed by atoms with Gasteiger partial charge < -0.3 is 4.74 Å². The lowest BCUT2D eigenvalue weighted by molar-refractivity contribution is 0.294. The van der Waals surface area contributed by atoms with Crippen molar-refractivity contribution in [3.05, 3.63) is 40.9 Å². The van der Waals surface area contributed by atoms with Gasteiger partial charge in [0.2, 0.25) is 5.82 Å². The van der Waals surface area contributed by atoms with Crippen molar-refractivity contribution in [2.24, 2.45) is 5.92 Å². The molecular weight excluding hydrogens is 354 g/mol. The van der Waals surface area contributed by atoms with E-state index in [0.29, 0.717) is 5.56 Å². The topological polar surface area (TPSA) is 9.23 Å². The molecule has 1 aromatic carbocycles. The van der Waals surface area contributed by atoms with Crippen LogP contribution in [0.2, 0.25) is 0 Å². The van der Waals surface area contributed by atoms with Gasteiger partial charge in [0.25, 0.3) is 0 Å². The minimum atomic E-state index is -0.886. The zero-order valence-corrected chi connectivity index (χ0v) is 16.5. The molecule has 4 heteroatoms. The molecule has 0 heterocycles. The van der Waals surface area contributed by atoms with Gasteiger partial charge in [0.1, 0.15) is 6.61 Å². The molecule has 0 N–H and O–H groups in total. The Kier molecular flexibility index (Phi) is 9.45. The fraction of sp³-hybridized carbons (Fsp3) is 0.636. The number of hydrogen-bond acceptors (Lipinski definition) is 1. The van der Waals surface area contributed by atoms with E-state index in [4.69, 9.17) is 16.3 Å². The van der Waals surface area contributed by atoms with Crippen LogP contribution in [0.15, 0.2) is 23.7 Å². The molecule has 2 rings (SSSR count). The molecule has 0 spiro atoms. The molecule has 0 amide bonds. The predicted octanol–water partition coefficient (Wildman–Crippen LogP) is 7.73. The highest BCUT2D eigenvalue weighted by Gasteiger charge is 2.26. The summed E-state index contributed by atoms with van der Waals surface area (Å²) in [4.78, 5) is 0. The molecular formula is C22H31ClF2O. The Balaban J connectivity index is 1.84. The normalized spacial score (nSPS) is 20.6. The number of benzene rings is 1. The molecule has 0 unspecified atom stereocenters. The van der Waals surface area contributed by atoms with Gasteiger partial charge in [0, 0.05) is 5.54 Å². The van der Waals surface area contributed by atoms with Gasteiger partial charge in [0.05, 0.1) is 0 Å². The highest BCUT2D eigenvalue weighted by atomic mass is 35.5. The Bertz CT molecular complexity index is 566. The third-order valence-electron chi connectivity index (χ3n) is 5.50. The maximum Gasteiger partial charge on any atom is 0.200 e. The molecule has 1 saturated carbocycles. The van der Waals surface area contributed by atoms with Crippen molar-refractivity contribution < 1.29 is 13.5 Å². The molecule has 1 nitrogen and oxygen atoms in total. The van der Waals surface area contributed by atoms with Crippen molar-refractivity contribution in [1.82, 2.24) is 0 Å². The van der Waals surface area contributed by atoms with E-state index in [1.165, 1.54) is 56.2 Å². The van der Waals surface area contributed by atoms with Crippen molar-refractivity contribution in [2.45, 2.75) is 77.0 Å². The van der Waals surface area contributed by atoms with E-state index in [1.54, 1.807) is 6.07 Å². The third kappa shape index (κ3) is 6.26. The monoisotopic (exact) mass is 384 g/mol. The molecule has 26 heavy (non-hydrogen) atoms. The number of halogens is 3. The standard InChI is InChI=1S/C22H31ClF2O/c1-2-3-4-5-6-8-17-9-11-18(12-10-17)19-13-14-20(22(25)21(19)24)26-16-7-15-23/h7,13-15,17-18H,2-6,8-12,16H2,1H3. The molecule has 1 aliphatic carbocycles. The first-order valence-electron chi connectivity index (χ1n) is 10.0. The predicted molar refractivity (Wildman–Crippen MR) is 105 cm³/mol. The maximum absolute atomic E-state index is 14.5. The first-order valence-corrected chi connectivity index (χ1v) is 10.5. The van der Waals surface area contributed by atoms with E-state index >= 15 is 0 Å². The summed E-state index contributed by atoms with van der Waals surface area (Å²) in [5, 5.41) is 0. The lowest BCUT2D eigenvalue weighted by atomic mass is 9.77. The summed E-state index contributed by atoms with van der Waals surface area (Å²) < 4.78 is 33.9. The van der Waals surface area contributed by atoms with E-state index in [-0.39, 0.29) is 18.3 Å². The Labute approximate surface area is 161 Å². The largest absolute Gasteiger partial charge is 0.486 e. The zero-order valence-electron chi connectivity index (χ0n) is 15.8. The molecule has 1 aliphatic rings. The molecule has 146 valence electrons. The Morgan fingerprint density at radius 1 is 1.04 bits per heavy atom. The molecule has 0 saturated heterocycles. The van der Waals surface area contributed by atoms with Gasteiger partial charge in [-0.3, -0.25) is 0 Å². The van der Waals surface area contributed by atoms with Crippen LogP contribution < -0.4 is 4.74 Å². The second-order valence-corrected chi connectivity index (χ2v) is 7.63. The summed E-state index contributed by atoms with van der Waals surface area (Å²) in [7, 11) is 0. The summed E-state index contributed by atoms with van der Waals surface area (Å²) >= 11 is 5.40. The average Bonchev–Trinajstić information content (AvgIpc) is 2.66. The number of hydrogen-bond donors (Lipinski definition) is 0. The van der Waals surface area contributed by atoms with Crippen LogP contribution in [0.1, 0.15) is 82.6 Å². The quantitative estimate of drug-likeness (QED) is 0.375. The van der Waals surface area contributed by atoms with Crippen molar-refractivity contribution in [3.8, 4) is 5.75 Å². The highest BCUT2D eigenvalue weighted by molar-refractivity contribution is 6.25. The van der Waals surface area contributed by atoms with Gasteiger partial charge >= 0.3 is 0 Å². The van der Waals surface area contributed by atoms with Crippen LogP contribution in [0, 0.1) is 17.6 Å². The highest BCUT2D eigenvalue weighted by Crippen LogP contribution is 2.40. The van der Waals surface area contributed by atoms with Crippen LogP contribution in [0.4, 0.5) is 8.78 Å². The second-order valence-electron chi connectivity index (χ2n) is 7.37. The van der Waals surface area contributed by atoms with Crippen molar-refractivity contribution in [2.75, 3.05) is 6.61 Å². The number of unbranched alkanes of at least 4 members (excludes halogenated alkanes) is 4. The second kappa shape index (κ2) is 11.6. The number of ether oxygens (including phenoxy) is 1. The van der Waals surface area contributed by atoms with Crippen molar-refractivity contribution in [3.63, 3.8) is 0 Å². The first-order chi connectivity index (χ1) is 12.7. The van der Waals surface area contributed by atoms with E-state index in [9.17, 15) is 8.78 Å². The van der Waals surface area contributed by atoms with Crippen LogP contribution in [0.5, 0.6) is 5.75 Å². The van der Waals surface area contributed by atoms with E-state index in [0.717, 1.165) is 31.6 Å². The van der Waals surface area contributed by atoms with E-state index in [1.807, 2.05) is 0 Å². The van der Waals surface area contributed by atoms with Crippen LogP contribution in [0.25, 0.3) is 0 Å². The van der Waals surface area contributed by atoms with Gasteiger partial charge in [-0.25, -0.2) is 4.39 Å². The molecule has 1 aromatic rings. The fourth-order valence-corrected chi connectivity index (χ4v) is 4.02. The van der Waals surface area contributed by atoms with Gasteiger partial charge in [-0.15, -0.1) is 0 Å². The lowest BCUT2D eigenvalue weighted by Crippen LogP contribution is -2.15. The summed E-state index contributed by atoms with van der Waals surface area (Å²) in [6.07, 6.45) is 13.6. The minimum absolute atomic E-state index is 0.0539. The van der Waals surface area contributed by atoms with Crippen LogP contribution in [-0.2, 0) is 0 Å². The smallest absolute Gasteiger partial charge is 0.200 e. The number of rotatable bonds is 10. The Morgan fingerprint density at radius 2 is 1.77 bits per heavy atom. The molecule has 0 radical (unpaired) electrons. The molecule has 0 bridgehead atoms.